The van der Waals surface area contributed by atoms with Crippen LogP contribution in [-0.4, -0.2) is 52.2 Å². The molecule has 38 heavy (non-hydrogen) atoms. The van der Waals surface area contributed by atoms with Crippen molar-refractivity contribution in [3.8, 4) is 17.2 Å². The Hall–Kier alpha value is -4.05. The average molecular weight is 537 g/mol. The Bertz CT molecular complexity index is 1420. The smallest absolute Gasteiger partial charge is 0.309 e. The van der Waals surface area contributed by atoms with E-state index in [0.717, 1.165) is 52.3 Å². The van der Waals surface area contributed by atoms with Crippen molar-refractivity contribution in [2.24, 2.45) is 5.92 Å². The number of rotatable bonds is 7. The molecule has 1 fully saturated rings. The molecular weight excluding hydrogens is 508 g/mol. The average Bonchev–Trinajstić information content (AvgIpc) is 3.64. The van der Waals surface area contributed by atoms with Gasteiger partial charge in [-0.3, -0.25) is 4.79 Å². The Morgan fingerprint density at radius 3 is 2.74 bits per heavy atom. The van der Waals surface area contributed by atoms with Crippen LogP contribution in [0.15, 0.2) is 54.9 Å². The number of nitrogens with one attached hydrogen (secondary N) is 1. The summed E-state index contributed by atoms with van der Waals surface area (Å²) in [7, 11) is 0. The Balaban J connectivity index is 0.00000294. The summed E-state index contributed by atoms with van der Waals surface area (Å²) in [6.45, 7) is 4.44. The monoisotopic (exact) mass is 536 g/mol. The van der Waals surface area contributed by atoms with Crippen LogP contribution in [0.4, 0.5) is 11.8 Å². The number of fused-ring (bicyclic) bond motifs is 2. The molecule has 0 radical (unpaired) electrons. The highest BCUT2D eigenvalue weighted by atomic mass is 35.5. The molecule has 1 saturated heterocycles. The lowest BCUT2D eigenvalue weighted by Gasteiger charge is -2.31. The number of anilines is 2. The summed E-state index contributed by atoms with van der Waals surface area (Å²) >= 11 is 0. The molecule has 0 amide bonds. The molecule has 2 aliphatic rings. The van der Waals surface area contributed by atoms with E-state index < -0.39 is 0 Å². The van der Waals surface area contributed by atoms with E-state index in [1.807, 2.05) is 60.3 Å². The van der Waals surface area contributed by atoms with Crippen molar-refractivity contribution >= 4 is 41.0 Å². The summed E-state index contributed by atoms with van der Waals surface area (Å²) in [5, 5.41) is 8.77. The molecule has 0 bridgehead atoms. The fourth-order valence-electron chi connectivity index (χ4n) is 4.76. The molecule has 4 heterocycles. The zero-order valence-corrected chi connectivity index (χ0v) is 21.8. The minimum atomic E-state index is -0.112. The van der Waals surface area contributed by atoms with Gasteiger partial charge < -0.3 is 24.4 Å². The summed E-state index contributed by atoms with van der Waals surface area (Å²) in [4.78, 5) is 24.2. The topological polar surface area (TPSA) is 104 Å². The van der Waals surface area contributed by atoms with Crippen LogP contribution in [-0.2, 0) is 16.1 Å². The van der Waals surface area contributed by atoms with Crippen molar-refractivity contribution in [3.05, 3.63) is 60.4 Å². The molecule has 1 N–H and O–H groups in total. The van der Waals surface area contributed by atoms with Crippen molar-refractivity contribution < 1.29 is 19.0 Å². The van der Waals surface area contributed by atoms with Crippen LogP contribution < -0.4 is 19.7 Å². The molecule has 0 spiro atoms. The maximum atomic E-state index is 12.2. The molecule has 0 aliphatic carbocycles. The number of benzene rings is 2. The maximum absolute atomic E-state index is 12.2. The number of carbonyl (C=O) groups is 1. The molecule has 198 valence electrons. The van der Waals surface area contributed by atoms with Gasteiger partial charge in [-0.1, -0.05) is 6.07 Å². The Labute approximate surface area is 226 Å². The molecule has 6 rings (SSSR count). The summed E-state index contributed by atoms with van der Waals surface area (Å²) in [6.07, 6.45) is 5.10. The number of nitrogens with zero attached hydrogens (tertiary/aromatic N) is 5. The van der Waals surface area contributed by atoms with Crippen LogP contribution >= 0.6 is 12.4 Å². The van der Waals surface area contributed by atoms with E-state index in [4.69, 9.17) is 24.2 Å². The van der Waals surface area contributed by atoms with Gasteiger partial charge in [0.05, 0.1) is 23.7 Å². The van der Waals surface area contributed by atoms with Crippen LogP contribution in [0, 0.1) is 5.92 Å². The molecule has 11 heteroatoms. The van der Waals surface area contributed by atoms with E-state index in [1.165, 1.54) is 0 Å². The van der Waals surface area contributed by atoms with Gasteiger partial charge in [0.15, 0.2) is 11.5 Å². The summed E-state index contributed by atoms with van der Waals surface area (Å²) in [5.74, 6) is 2.70. The van der Waals surface area contributed by atoms with Gasteiger partial charge in [-0.2, -0.15) is 10.1 Å². The van der Waals surface area contributed by atoms with Gasteiger partial charge in [-0.05, 0) is 61.7 Å². The number of aromatic nitrogens is 4. The number of piperidine rings is 1. The standard InChI is InChI=1S/C27H28N6O4.ClH/c1-2-35-26(34)19-8-12-32(13-9-19)27-30-22-6-5-20(33-11-3-10-29-33)15-21(22)25(31-27)28-16-18-4-7-23-24(14-18)37-17-36-23;/h3-7,10-11,14-15,19H,2,8-9,12-13,16-17H2,1H3,(H,28,30,31);1H. The van der Waals surface area contributed by atoms with Gasteiger partial charge in [-0.25, -0.2) is 9.67 Å². The molecule has 4 aromatic rings. The molecule has 2 aromatic heterocycles. The van der Waals surface area contributed by atoms with Gasteiger partial charge in [0.25, 0.3) is 0 Å². The molecule has 2 aliphatic heterocycles. The molecule has 0 saturated carbocycles. The molecule has 0 atom stereocenters. The zero-order valence-electron chi connectivity index (χ0n) is 21.0. The van der Waals surface area contributed by atoms with E-state index in [9.17, 15) is 4.79 Å². The number of ether oxygens (including phenoxy) is 3. The SMILES string of the molecule is CCOC(=O)C1CCN(c2nc(NCc3ccc4c(c3)OCO4)c3cc(-n4cccn4)ccc3n2)CC1.Cl. The van der Waals surface area contributed by atoms with Gasteiger partial charge in [0.1, 0.15) is 5.82 Å². The Morgan fingerprint density at radius 2 is 1.95 bits per heavy atom. The second-order valence-electron chi connectivity index (χ2n) is 9.08. The highest BCUT2D eigenvalue weighted by molar-refractivity contribution is 5.91. The number of hydrogen-bond donors (Lipinski definition) is 1. The minimum absolute atomic E-state index is 0. The maximum Gasteiger partial charge on any atom is 0.309 e. The van der Waals surface area contributed by atoms with Crippen LogP contribution in [0.5, 0.6) is 11.5 Å². The van der Waals surface area contributed by atoms with E-state index in [-0.39, 0.29) is 31.1 Å². The quantitative estimate of drug-likeness (QED) is 0.345. The van der Waals surface area contributed by atoms with Crippen molar-refractivity contribution in [3.63, 3.8) is 0 Å². The fraction of sp³-hybridized carbons (Fsp3) is 0.333. The lowest BCUT2D eigenvalue weighted by molar-refractivity contribution is -0.148. The first-order valence-electron chi connectivity index (χ1n) is 12.5. The van der Waals surface area contributed by atoms with E-state index in [1.54, 1.807) is 6.20 Å². The molecular formula is C27H29ClN6O4. The summed E-state index contributed by atoms with van der Waals surface area (Å²) in [6, 6.07) is 13.8. The van der Waals surface area contributed by atoms with Gasteiger partial charge in [0.2, 0.25) is 12.7 Å². The normalized spacial score (nSPS) is 14.8. The molecule has 10 nitrogen and oxygen atoms in total. The van der Waals surface area contributed by atoms with Gasteiger partial charge >= 0.3 is 5.97 Å². The number of carbonyl (C=O) groups excluding carboxylic acids is 1. The van der Waals surface area contributed by atoms with Crippen LogP contribution in [0.1, 0.15) is 25.3 Å². The van der Waals surface area contributed by atoms with Crippen molar-refractivity contribution in [2.45, 2.75) is 26.3 Å². The number of hydrogen-bond acceptors (Lipinski definition) is 9. The Kier molecular flexibility index (Phi) is 7.50. The number of esters is 1. The first-order chi connectivity index (χ1) is 18.2. The Morgan fingerprint density at radius 1 is 1.11 bits per heavy atom. The first kappa shape index (κ1) is 25.6. The van der Waals surface area contributed by atoms with Crippen molar-refractivity contribution in [1.29, 1.82) is 0 Å². The van der Waals surface area contributed by atoms with Crippen LogP contribution in [0.2, 0.25) is 0 Å². The summed E-state index contributed by atoms with van der Waals surface area (Å²) < 4.78 is 18.0. The second kappa shape index (κ2) is 11.1. The summed E-state index contributed by atoms with van der Waals surface area (Å²) in [5.41, 5.74) is 2.81. The molecule has 2 aromatic carbocycles. The fourth-order valence-corrected chi connectivity index (χ4v) is 4.76. The lowest BCUT2D eigenvalue weighted by atomic mass is 9.97. The highest BCUT2D eigenvalue weighted by Gasteiger charge is 2.27. The largest absolute Gasteiger partial charge is 0.466 e. The second-order valence-corrected chi connectivity index (χ2v) is 9.08. The van der Waals surface area contributed by atoms with Crippen LogP contribution in [0.25, 0.3) is 16.6 Å². The predicted octanol–water partition coefficient (Wildman–Crippen LogP) is 4.36. The van der Waals surface area contributed by atoms with E-state index >= 15 is 0 Å². The predicted molar refractivity (Wildman–Crippen MR) is 145 cm³/mol. The van der Waals surface area contributed by atoms with Gasteiger partial charge in [-0.15, -0.1) is 12.4 Å². The number of halogens is 1. The first-order valence-corrected chi connectivity index (χ1v) is 12.5. The minimum Gasteiger partial charge on any atom is -0.466 e. The highest BCUT2D eigenvalue weighted by Crippen LogP contribution is 2.33. The molecule has 0 unspecified atom stereocenters. The third-order valence-corrected chi connectivity index (χ3v) is 6.73. The van der Waals surface area contributed by atoms with Gasteiger partial charge in [0, 0.05) is 37.4 Å². The lowest BCUT2D eigenvalue weighted by Crippen LogP contribution is -2.38. The third-order valence-electron chi connectivity index (χ3n) is 6.73. The van der Waals surface area contributed by atoms with Crippen molar-refractivity contribution in [2.75, 3.05) is 36.7 Å². The zero-order chi connectivity index (χ0) is 25.2. The third kappa shape index (κ3) is 5.17. The van der Waals surface area contributed by atoms with Crippen molar-refractivity contribution in [1.82, 2.24) is 19.7 Å². The van der Waals surface area contributed by atoms with E-state index in [2.05, 4.69) is 15.3 Å². The van der Waals surface area contributed by atoms with E-state index in [0.29, 0.717) is 32.2 Å². The van der Waals surface area contributed by atoms with Crippen LogP contribution in [0.3, 0.4) is 0 Å².